The van der Waals surface area contributed by atoms with Gasteiger partial charge in [0, 0.05) is 6.04 Å². The van der Waals surface area contributed by atoms with E-state index in [0.29, 0.717) is 5.56 Å². The molecule has 4 heteroatoms. The van der Waals surface area contributed by atoms with Gasteiger partial charge in [-0.05, 0) is 38.8 Å². The first-order chi connectivity index (χ1) is 9.50. The zero-order valence-electron chi connectivity index (χ0n) is 12.0. The third-order valence-corrected chi connectivity index (χ3v) is 4.28. The molecular formula is C16H20N2O2. The minimum atomic E-state index is -0.862. The molecule has 0 aromatic heterocycles. The van der Waals surface area contributed by atoms with Crippen molar-refractivity contribution >= 4 is 17.5 Å². The average Bonchev–Trinajstić information content (AvgIpc) is 2.90. The van der Waals surface area contributed by atoms with Crippen LogP contribution in [0.4, 0.5) is 5.69 Å². The van der Waals surface area contributed by atoms with Crippen LogP contribution in [-0.4, -0.2) is 23.4 Å². The first-order valence-corrected chi connectivity index (χ1v) is 7.26. The Balaban J connectivity index is 2.14. The van der Waals surface area contributed by atoms with E-state index in [1.54, 1.807) is 19.9 Å². The number of carbonyl (C=O) groups is 2. The van der Waals surface area contributed by atoms with E-state index in [9.17, 15) is 9.59 Å². The summed E-state index contributed by atoms with van der Waals surface area (Å²) < 4.78 is 0. The summed E-state index contributed by atoms with van der Waals surface area (Å²) in [6, 6.07) is 7.62. The van der Waals surface area contributed by atoms with Crippen molar-refractivity contribution in [3.8, 4) is 0 Å². The maximum Gasteiger partial charge on any atom is 0.254 e. The summed E-state index contributed by atoms with van der Waals surface area (Å²) >= 11 is 0. The molecule has 1 heterocycles. The molecule has 1 N–H and O–H groups in total. The summed E-state index contributed by atoms with van der Waals surface area (Å²) in [7, 11) is 0. The number of benzene rings is 1. The highest BCUT2D eigenvalue weighted by molar-refractivity contribution is 6.12. The lowest BCUT2D eigenvalue weighted by Gasteiger charge is -2.33. The maximum absolute atomic E-state index is 12.9. The molecule has 0 bridgehead atoms. The van der Waals surface area contributed by atoms with Crippen molar-refractivity contribution in [3.63, 3.8) is 0 Å². The highest BCUT2D eigenvalue weighted by Gasteiger charge is 2.42. The number of nitrogens with zero attached hydrogens (tertiary/aromatic N) is 1. The number of anilines is 1. The van der Waals surface area contributed by atoms with E-state index in [1.807, 2.05) is 23.1 Å². The molecule has 1 aromatic rings. The first-order valence-electron chi connectivity index (χ1n) is 7.26. The van der Waals surface area contributed by atoms with Crippen LogP contribution in [0, 0.1) is 0 Å². The van der Waals surface area contributed by atoms with E-state index in [1.165, 1.54) is 0 Å². The number of carbonyl (C=O) groups excluding carboxylic acids is 2. The standard InChI is InChI=1S/C16H20N2O2/c1-16(2)15(20)18(11-7-3-4-8-11)13-10-6-5-9-12(13)14(19)17-16/h5-6,9-11H,3-4,7-8H2,1-2H3,(H,17,19). The quantitative estimate of drug-likeness (QED) is 0.854. The van der Waals surface area contributed by atoms with Gasteiger partial charge in [0.05, 0.1) is 11.3 Å². The number of fused-ring (bicyclic) bond motifs is 1. The molecule has 3 rings (SSSR count). The molecular weight excluding hydrogens is 252 g/mol. The number of para-hydroxylation sites is 1. The summed E-state index contributed by atoms with van der Waals surface area (Å²) in [5, 5.41) is 2.85. The van der Waals surface area contributed by atoms with Gasteiger partial charge in [-0.1, -0.05) is 25.0 Å². The predicted octanol–water partition coefficient (Wildman–Crippen LogP) is 2.48. The van der Waals surface area contributed by atoms with Gasteiger partial charge in [-0.3, -0.25) is 9.59 Å². The van der Waals surface area contributed by atoms with Crippen molar-refractivity contribution in [1.29, 1.82) is 0 Å². The van der Waals surface area contributed by atoms with Crippen LogP contribution in [0.25, 0.3) is 0 Å². The third kappa shape index (κ3) is 1.99. The number of nitrogens with one attached hydrogen (secondary N) is 1. The van der Waals surface area contributed by atoms with Crippen LogP contribution in [0.1, 0.15) is 49.9 Å². The van der Waals surface area contributed by atoms with Gasteiger partial charge in [0.25, 0.3) is 11.8 Å². The van der Waals surface area contributed by atoms with Crippen molar-refractivity contribution < 1.29 is 9.59 Å². The Kier molecular flexibility index (Phi) is 3.04. The summed E-state index contributed by atoms with van der Waals surface area (Å²) in [4.78, 5) is 27.1. The molecule has 20 heavy (non-hydrogen) atoms. The second-order valence-electron chi connectivity index (χ2n) is 6.21. The Morgan fingerprint density at radius 2 is 1.80 bits per heavy atom. The van der Waals surface area contributed by atoms with Crippen LogP contribution in [0.15, 0.2) is 24.3 Å². The molecule has 0 spiro atoms. The van der Waals surface area contributed by atoms with Crippen molar-refractivity contribution in [2.24, 2.45) is 0 Å². The van der Waals surface area contributed by atoms with Crippen molar-refractivity contribution in [2.45, 2.75) is 51.1 Å². The van der Waals surface area contributed by atoms with Crippen molar-refractivity contribution in [2.75, 3.05) is 4.90 Å². The van der Waals surface area contributed by atoms with E-state index < -0.39 is 5.54 Å². The molecule has 1 aliphatic heterocycles. The van der Waals surface area contributed by atoms with Gasteiger partial charge >= 0.3 is 0 Å². The van der Waals surface area contributed by atoms with Gasteiger partial charge in [0.1, 0.15) is 5.54 Å². The topological polar surface area (TPSA) is 49.4 Å². The van der Waals surface area contributed by atoms with E-state index in [0.717, 1.165) is 31.4 Å². The monoisotopic (exact) mass is 272 g/mol. The Hall–Kier alpha value is -1.84. The summed E-state index contributed by atoms with van der Waals surface area (Å²) in [6.45, 7) is 3.56. The van der Waals surface area contributed by atoms with E-state index >= 15 is 0 Å². The SMILES string of the molecule is CC1(C)NC(=O)c2ccccc2N(C2CCCC2)C1=O. The molecule has 1 aromatic carbocycles. The Morgan fingerprint density at radius 3 is 2.50 bits per heavy atom. The lowest BCUT2D eigenvalue weighted by Crippen LogP contribution is -2.55. The zero-order valence-corrected chi connectivity index (χ0v) is 12.0. The van der Waals surface area contributed by atoms with Gasteiger partial charge in [0.15, 0.2) is 0 Å². The van der Waals surface area contributed by atoms with Crippen LogP contribution in [-0.2, 0) is 4.79 Å². The largest absolute Gasteiger partial charge is 0.338 e. The van der Waals surface area contributed by atoms with Crippen LogP contribution in [0.5, 0.6) is 0 Å². The van der Waals surface area contributed by atoms with E-state index in [-0.39, 0.29) is 17.9 Å². The van der Waals surface area contributed by atoms with E-state index in [4.69, 9.17) is 0 Å². The van der Waals surface area contributed by atoms with Crippen LogP contribution >= 0.6 is 0 Å². The summed E-state index contributed by atoms with van der Waals surface area (Å²) in [5.74, 6) is -0.179. The molecule has 1 saturated carbocycles. The molecule has 2 aliphatic rings. The molecule has 0 radical (unpaired) electrons. The molecule has 0 unspecified atom stereocenters. The van der Waals surface area contributed by atoms with E-state index in [2.05, 4.69) is 5.32 Å². The van der Waals surface area contributed by atoms with Gasteiger partial charge in [-0.25, -0.2) is 0 Å². The third-order valence-electron chi connectivity index (χ3n) is 4.28. The Morgan fingerprint density at radius 1 is 1.15 bits per heavy atom. The molecule has 4 nitrogen and oxygen atoms in total. The summed E-state index contributed by atoms with van der Waals surface area (Å²) in [5.41, 5.74) is 0.490. The van der Waals surface area contributed by atoms with Gasteiger partial charge in [-0.2, -0.15) is 0 Å². The fraction of sp³-hybridized carbons (Fsp3) is 0.500. The van der Waals surface area contributed by atoms with Gasteiger partial charge in [-0.15, -0.1) is 0 Å². The minimum absolute atomic E-state index is 0.0114. The second kappa shape index (κ2) is 4.62. The highest BCUT2D eigenvalue weighted by Crippen LogP contribution is 2.34. The molecule has 1 fully saturated rings. The zero-order chi connectivity index (χ0) is 14.3. The number of amides is 2. The van der Waals surface area contributed by atoms with Gasteiger partial charge < -0.3 is 10.2 Å². The van der Waals surface area contributed by atoms with Gasteiger partial charge in [0.2, 0.25) is 0 Å². The molecule has 0 atom stereocenters. The molecule has 0 saturated heterocycles. The normalized spacial score (nSPS) is 22.4. The Labute approximate surface area is 119 Å². The lowest BCUT2D eigenvalue weighted by atomic mass is 10.0. The first kappa shape index (κ1) is 13.2. The lowest BCUT2D eigenvalue weighted by molar-refractivity contribution is -0.123. The Bertz CT molecular complexity index is 559. The van der Waals surface area contributed by atoms with Crippen LogP contribution in [0.2, 0.25) is 0 Å². The fourth-order valence-corrected chi connectivity index (χ4v) is 3.22. The molecule has 106 valence electrons. The maximum atomic E-state index is 12.9. The number of rotatable bonds is 1. The van der Waals surface area contributed by atoms with Crippen molar-refractivity contribution in [3.05, 3.63) is 29.8 Å². The number of hydrogen-bond acceptors (Lipinski definition) is 2. The highest BCUT2D eigenvalue weighted by atomic mass is 16.2. The van der Waals surface area contributed by atoms with Crippen LogP contribution in [0.3, 0.4) is 0 Å². The smallest absolute Gasteiger partial charge is 0.254 e. The average molecular weight is 272 g/mol. The predicted molar refractivity (Wildman–Crippen MR) is 77.7 cm³/mol. The molecule has 2 amide bonds. The van der Waals surface area contributed by atoms with Crippen molar-refractivity contribution in [1.82, 2.24) is 5.32 Å². The molecule has 1 aliphatic carbocycles. The second-order valence-corrected chi connectivity index (χ2v) is 6.21. The fourth-order valence-electron chi connectivity index (χ4n) is 3.22. The summed E-state index contributed by atoms with van der Waals surface area (Å²) in [6.07, 6.45) is 4.34. The number of hydrogen-bond donors (Lipinski definition) is 1. The minimum Gasteiger partial charge on any atom is -0.338 e. The van der Waals surface area contributed by atoms with Crippen LogP contribution < -0.4 is 10.2 Å².